The molecule has 1 aromatic carbocycles. The van der Waals surface area contributed by atoms with E-state index in [2.05, 4.69) is 5.32 Å². The highest BCUT2D eigenvalue weighted by Crippen LogP contribution is 2.26. The van der Waals surface area contributed by atoms with Crippen LogP contribution in [0.3, 0.4) is 0 Å². The van der Waals surface area contributed by atoms with E-state index in [0.717, 1.165) is 5.56 Å². The van der Waals surface area contributed by atoms with E-state index in [9.17, 15) is 10.2 Å². The molecule has 0 bridgehead atoms. The van der Waals surface area contributed by atoms with Crippen molar-refractivity contribution in [2.24, 2.45) is 0 Å². The number of aromatic hydroxyl groups is 1. The van der Waals surface area contributed by atoms with Crippen molar-refractivity contribution in [2.75, 3.05) is 7.11 Å². The molecule has 96 valence electrons. The number of phenolic OH excluding ortho intramolecular Hbond substituents is 1. The Labute approximate surface area is 102 Å². The molecule has 1 aromatic rings. The number of hydrogen-bond acceptors (Lipinski definition) is 4. The maximum absolute atomic E-state index is 9.61. The number of ether oxygens (including phenoxy) is 1. The summed E-state index contributed by atoms with van der Waals surface area (Å²) >= 11 is 0. The van der Waals surface area contributed by atoms with Gasteiger partial charge in [0.25, 0.3) is 0 Å². The molecular formula is C13H21NO3. The summed E-state index contributed by atoms with van der Waals surface area (Å²) in [7, 11) is 1.53. The first-order valence-electron chi connectivity index (χ1n) is 5.80. The molecule has 0 heterocycles. The number of rotatable bonds is 6. The van der Waals surface area contributed by atoms with Gasteiger partial charge in [-0.15, -0.1) is 0 Å². The molecule has 1 rings (SSSR count). The van der Waals surface area contributed by atoms with Gasteiger partial charge in [0.05, 0.1) is 13.2 Å². The topological polar surface area (TPSA) is 61.7 Å². The van der Waals surface area contributed by atoms with Crippen LogP contribution in [0.2, 0.25) is 0 Å². The van der Waals surface area contributed by atoms with Crippen LogP contribution in [0.15, 0.2) is 18.2 Å². The lowest BCUT2D eigenvalue weighted by Gasteiger charge is -2.15. The molecule has 0 saturated heterocycles. The summed E-state index contributed by atoms with van der Waals surface area (Å²) in [4.78, 5) is 0. The molecule has 0 aliphatic rings. The third kappa shape index (κ3) is 4.63. The highest BCUT2D eigenvalue weighted by molar-refractivity contribution is 5.41. The van der Waals surface area contributed by atoms with Gasteiger partial charge < -0.3 is 20.3 Å². The van der Waals surface area contributed by atoms with Crippen molar-refractivity contribution in [2.45, 2.75) is 39.0 Å². The second kappa shape index (κ2) is 6.47. The number of phenols is 1. The maximum atomic E-state index is 9.61. The summed E-state index contributed by atoms with van der Waals surface area (Å²) in [6, 6.07) is 5.56. The predicted octanol–water partition coefficient (Wildman–Crippen LogP) is 1.65. The summed E-state index contributed by atoms with van der Waals surface area (Å²) < 4.78 is 4.97. The summed E-state index contributed by atoms with van der Waals surface area (Å²) in [5, 5.41) is 22.1. The van der Waals surface area contributed by atoms with Gasteiger partial charge in [0.15, 0.2) is 11.5 Å². The van der Waals surface area contributed by atoms with Crippen molar-refractivity contribution in [3.63, 3.8) is 0 Å². The third-order valence-corrected chi connectivity index (χ3v) is 2.59. The smallest absolute Gasteiger partial charge is 0.160 e. The molecule has 0 aliphatic carbocycles. The number of methoxy groups -OCH3 is 1. The SMILES string of the molecule is COc1ccc(CNC(C)CC(C)O)cc1O. The van der Waals surface area contributed by atoms with Gasteiger partial charge in [-0.1, -0.05) is 6.07 Å². The molecule has 0 amide bonds. The minimum Gasteiger partial charge on any atom is -0.504 e. The number of aliphatic hydroxyl groups excluding tert-OH is 1. The van der Waals surface area contributed by atoms with E-state index in [4.69, 9.17) is 4.74 Å². The van der Waals surface area contributed by atoms with Crippen LogP contribution in [0.1, 0.15) is 25.8 Å². The van der Waals surface area contributed by atoms with Gasteiger partial charge in [0.1, 0.15) is 0 Å². The first-order valence-corrected chi connectivity index (χ1v) is 5.80. The van der Waals surface area contributed by atoms with Crippen molar-refractivity contribution < 1.29 is 14.9 Å². The van der Waals surface area contributed by atoms with E-state index in [-0.39, 0.29) is 17.9 Å². The van der Waals surface area contributed by atoms with Crippen LogP contribution in [0.5, 0.6) is 11.5 Å². The molecule has 3 N–H and O–H groups in total. The van der Waals surface area contributed by atoms with Crippen molar-refractivity contribution in [3.8, 4) is 11.5 Å². The zero-order valence-corrected chi connectivity index (χ0v) is 10.6. The number of nitrogens with one attached hydrogen (secondary N) is 1. The van der Waals surface area contributed by atoms with E-state index in [1.807, 2.05) is 13.0 Å². The Bertz CT molecular complexity index is 353. The molecule has 0 fully saturated rings. The Hall–Kier alpha value is -1.26. The van der Waals surface area contributed by atoms with Crippen LogP contribution in [-0.4, -0.2) is 29.5 Å². The van der Waals surface area contributed by atoms with Crippen molar-refractivity contribution >= 4 is 0 Å². The normalized spacial score (nSPS) is 14.4. The number of hydrogen-bond donors (Lipinski definition) is 3. The summed E-state index contributed by atoms with van der Waals surface area (Å²) in [5.74, 6) is 0.626. The lowest BCUT2D eigenvalue weighted by atomic mass is 10.1. The van der Waals surface area contributed by atoms with Crippen LogP contribution in [0.4, 0.5) is 0 Å². The van der Waals surface area contributed by atoms with E-state index < -0.39 is 0 Å². The summed E-state index contributed by atoms with van der Waals surface area (Å²) in [6.45, 7) is 4.46. The molecule has 0 radical (unpaired) electrons. The molecule has 17 heavy (non-hydrogen) atoms. The van der Waals surface area contributed by atoms with Crippen LogP contribution < -0.4 is 10.1 Å². The molecular weight excluding hydrogens is 218 g/mol. The predicted molar refractivity (Wildman–Crippen MR) is 67.3 cm³/mol. The molecule has 0 saturated carbocycles. The molecule has 4 nitrogen and oxygen atoms in total. The summed E-state index contributed by atoms with van der Waals surface area (Å²) in [6.07, 6.45) is 0.407. The minimum absolute atomic E-state index is 0.148. The fourth-order valence-electron chi connectivity index (χ4n) is 1.73. The van der Waals surface area contributed by atoms with Crippen LogP contribution in [0.25, 0.3) is 0 Å². The molecule has 0 aliphatic heterocycles. The standard InChI is InChI=1S/C13H21NO3/c1-9(6-10(2)15)14-8-11-4-5-13(17-3)12(16)7-11/h4-5,7,9-10,14-16H,6,8H2,1-3H3. The Morgan fingerprint density at radius 1 is 1.35 bits per heavy atom. The fraction of sp³-hybridized carbons (Fsp3) is 0.538. The third-order valence-electron chi connectivity index (χ3n) is 2.59. The van der Waals surface area contributed by atoms with Crippen LogP contribution in [-0.2, 0) is 6.54 Å². The minimum atomic E-state index is -0.304. The first kappa shape index (κ1) is 13.8. The Morgan fingerprint density at radius 2 is 2.06 bits per heavy atom. The highest BCUT2D eigenvalue weighted by Gasteiger charge is 2.06. The number of benzene rings is 1. The number of aliphatic hydroxyl groups is 1. The Balaban J connectivity index is 2.49. The molecule has 0 aromatic heterocycles. The maximum Gasteiger partial charge on any atom is 0.160 e. The second-order valence-corrected chi connectivity index (χ2v) is 4.37. The fourth-order valence-corrected chi connectivity index (χ4v) is 1.73. The van der Waals surface area contributed by atoms with Crippen molar-refractivity contribution in [3.05, 3.63) is 23.8 Å². The first-order chi connectivity index (χ1) is 8.02. The lowest BCUT2D eigenvalue weighted by molar-refractivity contribution is 0.170. The van der Waals surface area contributed by atoms with E-state index >= 15 is 0 Å². The van der Waals surface area contributed by atoms with Gasteiger partial charge in [-0.25, -0.2) is 0 Å². The van der Waals surface area contributed by atoms with Gasteiger partial charge in [-0.2, -0.15) is 0 Å². The monoisotopic (exact) mass is 239 g/mol. The van der Waals surface area contributed by atoms with Gasteiger partial charge in [0.2, 0.25) is 0 Å². The van der Waals surface area contributed by atoms with Crippen LogP contribution >= 0.6 is 0 Å². The van der Waals surface area contributed by atoms with E-state index in [0.29, 0.717) is 18.7 Å². The molecule has 4 heteroatoms. The average molecular weight is 239 g/mol. The average Bonchev–Trinajstić information content (AvgIpc) is 2.25. The van der Waals surface area contributed by atoms with E-state index in [1.54, 1.807) is 19.1 Å². The summed E-state index contributed by atoms with van der Waals surface area (Å²) in [5.41, 5.74) is 0.987. The zero-order chi connectivity index (χ0) is 12.8. The largest absolute Gasteiger partial charge is 0.504 e. The Morgan fingerprint density at radius 3 is 2.59 bits per heavy atom. The lowest BCUT2D eigenvalue weighted by Crippen LogP contribution is -2.28. The second-order valence-electron chi connectivity index (χ2n) is 4.37. The van der Waals surface area contributed by atoms with Crippen molar-refractivity contribution in [1.82, 2.24) is 5.32 Å². The van der Waals surface area contributed by atoms with Gasteiger partial charge in [-0.3, -0.25) is 0 Å². The van der Waals surface area contributed by atoms with E-state index in [1.165, 1.54) is 7.11 Å². The molecule has 2 unspecified atom stereocenters. The molecule has 2 atom stereocenters. The van der Waals surface area contributed by atoms with Gasteiger partial charge in [-0.05, 0) is 38.0 Å². The van der Waals surface area contributed by atoms with Crippen LogP contribution in [0, 0.1) is 0 Å². The zero-order valence-electron chi connectivity index (χ0n) is 10.6. The van der Waals surface area contributed by atoms with Gasteiger partial charge in [0, 0.05) is 12.6 Å². The van der Waals surface area contributed by atoms with Crippen molar-refractivity contribution in [1.29, 1.82) is 0 Å². The quantitative estimate of drug-likeness (QED) is 0.706. The molecule has 0 spiro atoms. The Kier molecular flexibility index (Phi) is 5.25. The highest BCUT2D eigenvalue weighted by atomic mass is 16.5. The van der Waals surface area contributed by atoms with Gasteiger partial charge >= 0.3 is 0 Å².